The Morgan fingerprint density at radius 1 is 1.16 bits per heavy atom. The molecule has 0 aliphatic carbocycles. The van der Waals surface area contributed by atoms with Crippen molar-refractivity contribution in [3.8, 4) is 11.8 Å². The van der Waals surface area contributed by atoms with E-state index in [0.717, 1.165) is 18.6 Å². The van der Waals surface area contributed by atoms with Crippen LogP contribution in [0.3, 0.4) is 0 Å². The van der Waals surface area contributed by atoms with Gasteiger partial charge >= 0.3 is 12.0 Å². The maximum atomic E-state index is 11.9. The van der Waals surface area contributed by atoms with Crippen molar-refractivity contribution in [2.24, 2.45) is 0 Å². The summed E-state index contributed by atoms with van der Waals surface area (Å²) in [5, 5.41) is 0. The SMILES string of the molecule is CCOC(=O)c1c(C)nc(OCCCc2cccc(OC)c2)nc1C. The minimum atomic E-state index is -0.401. The standard InChI is InChI=1S/C19H24N2O4/c1-5-24-18(22)17-13(2)20-19(21-14(17)3)25-11-7-9-15-8-6-10-16(12-15)23-4/h6,8,10,12H,5,7,9,11H2,1-4H3. The highest BCUT2D eigenvalue weighted by Crippen LogP contribution is 2.16. The Hall–Kier alpha value is -2.63. The summed E-state index contributed by atoms with van der Waals surface area (Å²) < 4.78 is 15.9. The fourth-order valence-electron chi connectivity index (χ4n) is 2.52. The van der Waals surface area contributed by atoms with E-state index in [1.165, 1.54) is 5.56 Å². The van der Waals surface area contributed by atoms with Gasteiger partial charge in [0.25, 0.3) is 0 Å². The molecule has 0 fully saturated rings. The fraction of sp³-hybridized carbons (Fsp3) is 0.421. The van der Waals surface area contributed by atoms with Gasteiger partial charge in [0.05, 0.1) is 31.7 Å². The smallest absolute Gasteiger partial charge is 0.341 e. The topological polar surface area (TPSA) is 70.5 Å². The van der Waals surface area contributed by atoms with Crippen molar-refractivity contribution < 1.29 is 19.0 Å². The number of benzene rings is 1. The third-order valence-corrected chi connectivity index (χ3v) is 3.70. The summed E-state index contributed by atoms with van der Waals surface area (Å²) >= 11 is 0. The number of carbonyl (C=O) groups excluding carboxylic acids is 1. The number of rotatable bonds is 8. The Bertz CT molecular complexity index is 708. The molecule has 0 aliphatic rings. The predicted molar refractivity (Wildman–Crippen MR) is 94.3 cm³/mol. The molecule has 0 bridgehead atoms. The summed E-state index contributed by atoms with van der Waals surface area (Å²) in [5.74, 6) is 0.449. The summed E-state index contributed by atoms with van der Waals surface area (Å²) in [5.41, 5.74) is 2.72. The molecule has 1 aromatic carbocycles. The second kappa shape index (κ2) is 9.01. The number of nitrogens with zero attached hydrogens (tertiary/aromatic N) is 2. The van der Waals surface area contributed by atoms with Crippen molar-refractivity contribution in [3.63, 3.8) is 0 Å². The third-order valence-electron chi connectivity index (χ3n) is 3.70. The number of ether oxygens (including phenoxy) is 3. The molecule has 1 heterocycles. The van der Waals surface area contributed by atoms with Crippen LogP contribution in [0.2, 0.25) is 0 Å². The molecule has 0 atom stereocenters. The lowest BCUT2D eigenvalue weighted by Crippen LogP contribution is -2.13. The Morgan fingerprint density at radius 2 is 1.88 bits per heavy atom. The van der Waals surface area contributed by atoms with Crippen LogP contribution in [0.4, 0.5) is 0 Å². The molecule has 25 heavy (non-hydrogen) atoms. The van der Waals surface area contributed by atoms with E-state index in [0.29, 0.717) is 30.2 Å². The van der Waals surface area contributed by atoms with Crippen LogP contribution < -0.4 is 9.47 Å². The maximum Gasteiger partial charge on any atom is 0.341 e. The van der Waals surface area contributed by atoms with Gasteiger partial charge in [-0.1, -0.05) is 12.1 Å². The Balaban J connectivity index is 1.91. The second-order valence-corrected chi connectivity index (χ2v) is 5.58. The number of methoxy groups -OCH3 is 1. The molecular formula is C19H24N2O4. The highest BCUT2D eigenvalue weighted by molar-refractivity contribution is 5.91. The Kier molecular flexibility index (Phi) is 6.74. The van der Waals surface area contributed by atoms with E-state index in [-0.39, 0.29) is 6.01 Å². The van der Waals surface area contributed by atoms with Crippen LogP contribution in [0.1, 0.15) is 40.7 Å². The maximum absolute atomic E-state index is 11.9. The van der Waals surface area contributed by atoms with E-state index in [9.17, 15) is 4.79 Å². The van der Waals surface area contributed by atoms with Crippen molar-refractivity contribution in [1.82, 2.24) is 9.97 Å². The van der Waals surface area contributed by atoms with Gasteiger partial charge in [-0.05, 0) is 51.3 Å². The number of hydrogen-bond acceptors (Lipinski definition) is 6. The van der Waals surface area contributed by atoms with Gasteiger partial charge in [0.2, 0.25) is 0 Å². The molecule has 0 N–H and O–H groups in total. The van der Waals surface area contributed by atoms with E-state index < -0.39 is 5.97 Å². The molecule has 0 spiro atoms. The first-order valence-corrected chi connectivity index (χ1v) is 8.33. The van der Waals surface area contributed by atoms with Crippen molar-refractivity contribution in [2.75, 3.05) is 20.3 Å². The molecule has 2 rings (SSSR count). The summed E-state index contributed by atoms with van der Waals surface area (Å²) in [6.07, 6.45) is 1.70. The van der Waals surface area contributed by atoms with Gasteiger partial charge in [-0.15, -0.1) is 0 Å². The lowest BCUT2D eigenvalue weighted by Gasteiger charge is -2.10. The minimum absolute atomic E-state index is 0.286. The van der Waals surface area contributed by atoms with Gasteiger partial charge in [-0.2, -0.15) is 9.97 Å². The lowest BCUT2D eigenvalue weighted by molar-refractivity contribution is 0.0523. The molecule has 0 aliphatic heterocycles. The highest BCUT2D eigenvalue weighted by atomic mass is 16.5. The largest absolute Gasteiger partial charge is 0.497 e. The Labute approximate surface area is 148 Å². The minimum Gasteiger partial charge on any atom is -0.497 e. The summed E-state index contributed by atoms with van der Waals surface area (Å²) in [6.45, 7) is 6.09. The van der Waals surface area contributed by atoms with Crippen LogP contribution in [0.15, 0.2) is 24.3 Å². The molecule has 6 heteroatoms. The molecule has 0 amide bonds. The monoisotopic (exact) mass is 344 g/mol. The first-order chi connectivity index (χ1) is 12.0. The zero-order valence-corrected chi connectivity index (χ0v) is 15.2. The molecule has 0 unspecified atom stereocenters. The van der Waals surface area contributed by atoms with Crippen molar-refractivity contribution >= 4 is 5.97 Å². The quantitative estimate of drug-likeness (QED) is 0.540. The van der Waals surface area contributed by atoms with Crippen molar-refractivity contribution in [2.45, 2.75) is 33.6 Å². The first kappa shape index (κ1) is 18.7. The molecule has 6 nitrogen and oxygen atoms in total. The van der Waals surface area contributed by atoms with Crippen LogP contribution in [0, 0.1) is 13.8 Å². The molecule has 2 aromatic rings. The van der Waals surface area contributed by atoms with Crippen LogP contribution in [-0.2, 0) is 11.2 Å². The van der Waals surface area contributed by atoms with Crippen molar-refractivity contribution in [3.05, 3.63) is 46.8 Å². The molecule has 0 saturated heterocycles. The van der Waals surface area contributed by atoms with E-state index in [1.807, 2.05) is 18.2 Å². The van der Waals surface area contributed by atoms with Crippen LogP contribution in [0.25, 0.3) is 0 Å². The van der Waals surface area contributed by atoms with Crippen molar-refractivity contribution in [1.29, 1.82) is 0 Å². The van der Waals surface area contributed by atoms with E-state index in [4.69, 9.17) is 14.2 Å². The normalized spacial score (nSPS) is 10.4. The van der Waals surface area contributed by atoms with E-state index >= 15 is 0 Å². The summed E-state index contributed by atoms with van der Waals surface area (Å²) in [4.78, 5) is 20.4. The first-order valence-electron chi connectivity index (χ1n) is 8.33. The van der Waals surface area contributed by atoms with Gasteiger partial charge in [-0.3, -0.25) is 0 Å². The third kappa shape index (κ3) is 5.17. The van der Waals surface area contributed by atoms with Gasteiger partial charge in [0.1, 0.15) is 11.3 Å². The molecule has 134 valence electrons. The molecule has 0 radical (unpaired) electrons. The summed E-state index contributed by atoms with van der Waals surface area (Å²) in [7, 11) is 1.66. The number of carbonyl (C=O) groups is 1. The lowest BCUT2D eigenvalue weighted by atomic mass is 10.1. The zero-order chi connectivity index (χ0) is 18.2. The van der Waals surface area contributed by atoms with Crippen LogP contribution in [-0.4, -0.2) is 36.3 Å². The highest BCUT2D eigenvalue weighted by Gasteiger charge is 2.17. The molecule has 1 aromatic heterocycles. The number of aromatic nitrogens is 2. The van der Waals surface area contributed by atoms with Gasteiger partial charge < -0.3 is 14.2 Å². The number of aryl methyl sites for hydroxylation is 3. The van der Waals surface area contributed by atoms with Gasteiger partial charge in [0, 0.05) is 0 Å². The molecule has 0 saturated carbocycles. The van der Waals surface area contributed by atoms with Crippen LogP contribution >= 0.6 is 0 Å². The molecular weight excluding hydrogens is 320 g/mol. The average molecular weight is 344 g/mol. The van der Waals surface area contributed by atoms with Gasteiger partial charge in [0.15, 0.2) is 0 Å². The fourth-order valence-corrected chi connectivity index (χ4v) is 2.52. The number of hydrogen-bond donors (Lipinski definition) is 0. The van der Waals surface area contributed by atoms with E-state index in [2.05, 4.69) is 16.0 Å². The predicted octanol–water partition coefficient (Wildman–Crippen LogP) is 3.29. The van der Waals surface area contributed by atoms with E-state index in [1.54, 1.807) is 27.9 Å². The van der Waals surface area contributed by atoms with Gasteiger partial charge in [-0.25, -0.2) is 4.79 Å². The average Bonchev–Trinajstić information content (AvgIpc) is 2.58. The zero-order valence-electron chi connectivity index (χ0n) is 15.2. The Morgan fingerprint density at radius 3 is 2.52 bits per heavy atom. The van der Waals surface area contributed by atoms with Crippen LogP contribution in [0.5, 0.6) is 11.8 Å². The second-order valence-electron chi connectivity index (χ2n) is 5.58. The number of esters is 1. The summed E-state index contributed by atoms with van der Waals surface area (Å²) in [6, 6.07) is 8.25.